The predicted octanol–water partition coefficient (Wildman–Crippen LogP) is 27.6. The topological polar surface area (TPSA) is 31.5 Å². The lowest BCUT2D eigenvalue weighted by molar-refractivity contribution is 1.18. The number of rotatable bonds is 7. The van der Waals surface area contributed by atoms with Crippen molar-refractivity contribution < 1.29 is 0 Å². The molecule has 21 rings (SSSR count). The Morgan fingerprint density at radius 1 is 0.212 bits per heavy atom. The fourth-order valence-corrected chi connectivity index (χ4v) is 16.5. The van der Waals surface area contributed by atoms with Crippen molar-refractivity contribution in [2.24, 2.45) is 0 Å². The van der Waals surface area contributed by atoms with Crippen LogP contribution in [0.1, 0.15) is 0 Å². The number of hydrogen-bond donors (Lipinski definition) is 0. The second-order valence-corrected chi connectivity index (χ2v) is 27.1. The highest BCUT2D eigenvalue weighted by Crippen LogP contribution is 2.46. The third kappa shape index (κ3) is 9.79. The Balaban J connectivity index is 0.000000139. The lowest BCUT2D eigenvalue weighted by Crippen LogP contribution is -1.93. The van der Waals surface area contributed by atoms with Crippen LogP contribution in [0, 0.1) is 13.1 Å². The van der Waals surface area contributed by atoms with E-state index in [4.69, 9.17) is 18.1 Å². The molecular weight excluding hydrogens is 1260 g/mol. The van der Waals surface area contributed by atoms with E-state index >= 15 is 0 Å². The Labute approximate surface area is 599 Å². The number of pyridine rings is 1. The van der Waals surface area contributed by atoms with Gasteiger partial charge in [-0.15, -0.1) is 0 Å². The number of hydrogen-bond acceptors (Lipinski definition) is 1. The van der Waals surface area contributed by atoms with Gasteiger partial charge in [0, 0.05) is 39.5 Å². The van der Waals surface area contributed by atoms with Gasteiger partial charge in [0.05, 0.1) is 40.9 Å². The van der Waals surface area contributed by atoms with Crippen molar-refractivity contribution in [1.29, 1.82) is 0 Å². The van der Waals surface area contributed by atoms with Gasteiger partial charge in [0.1, 0.15) is 0 Å². The summed E-state index contributed by atoms with van der Waals surface area (Å²) in [5, 5.41) is 24.4. The fraction of sp³-hybridized carbons (Fsp3) is 0. The highest BCUT2D eigenvalue weighted by Gasteiger charge is 2.21. The highest BCUT2D eigenvalue weighted by atomic mass is 15.0. The van der Waals surface area contributed by atoms with Crippen molar-refractivity contribution in [2.75, 3.05) is 0 Å². The van der Waals surface area contributed by atoms with Gasteiger partial charge >= 0.3 is 0 Å². The van der Waals surface area contributed by atoms with Crippen LogP contribution in [-0.4, -0.2) is 14.1 Å². The van der Waals surface area contributed by atoms with E-state index in [1.807, 2.05) is 42.6 Å². The van der Waals surface area contributed by atoms with Gasteiger partial charge < -0.3 is 9.13 Å². The van der Waals surface area contributed by atoms with E-state index < -0.39 is 0 Å². The molecule has 104 heavy (non-hydrogen) atoms. The molecule has 0 aliphatic rings. The maximum absolute atomic E-state index is 7.68. The van der Waals surface area contributed by atoms with Gasteiger partial charge in [-0.2, -0.15) is 0 Å². The molecule has 0 fully saturated rings. The van der Waals surface area contributed by atoms with Gasteiger partial charge in [0.25, 0.3) is 0 Å². The molecule has 0 unspecified atom stereocenters. The molecule has 5 nitrogen and oxygen atoms in total. The zero-order valence-corrected chi connectivity index (χ0v) is 56.3. The van der Waals surface area contributed by atoms with Crippen molar-refractivity contribution in [3.8, 4) is 67.1 Å². The third-order valence-corrected chi connectivity index (χ3v) is 21.4. The van der Waals surface area contributed by atoms with Gasteiger partial charge in [-0.1, -0.05) is 243 Å². The summed E-state index contributed by atoms with van der Waals surface area (Å²) in [5.74, 6) is 0. The zero-order chi connectivity index (χ0) is 68.9. The standard InChI is InChI=1S/C52H31N3.C47H28N2/c1-53-36-24-27-52-49(29-36)48-28-34(23-26-51(48)55(52)37-14-3-2-4-15-37)50-25-22-35(32-54-50)44-30-46-43-20-10-9-19-42(43)45(31-47(46)41-18-8-7-17-40(41)44)39-21-11-13-33-12-5-6-16-38(33)39;1-48-36-21-24-47-45(28-36)44-27-34(20-23-46(44)49(47)37-10-3-2-4-11-37)32-15-16-33-26-35(18-17-31(33)25-32)42-29-43-38-12-6-5-9-30(38)19-22-41(43)39-13-7-8-14-40(39)42/h2-32H;2-29H. The summed E-state index contributed by atoms with van der Waals surface area (Å²) in [6, 6.07) is 126. The molecule has 0 saturated carbocycles. The Bertz CT molecular complexity index is 7230. The van der Waals surface area contributed by atoms with Crippen molar-refractivity contribution in [3.05, 3.63) is 381 Å². The number of nitrogens with zero attached hydrogens (tertiary/aromatic N) is 5. The smallest absolute Gasteiger partial charge is 0.188 e. The van der Waals surface area contributed by atoms with Crippen LogP contribution in [0.15, 0.2) is 358 Å². The van der Waals surface area contributed by atoms with Crippen molar-refractivity contribution in [1.82, 2.24) is 14.1 Å². The summed E-state index contributed by atoms with van der Waals surface area (Å²) < 4.78 is 4.57. The summed E-state index contributed by atoms with van der Waals surface area (Å²) in [6.45, 7) is 15.3. The average Bonchev–Trinajstić information content (AvgIpc) is 1.66. The maximum Gasteiger partial charge on any atom is 0.188 e. The molecule has 0 amide bonds. The second-order valence-electron chi connectivity index (χ2n) is 27.1. The fourth-order valence-electron chi connectivity index (χ4n) is 16.5. The van der Waals surface area contributed by atoms with E-state index in [-0.39, 0.29) is 0 Å². The van der Waals surface area contributed by atoms with Crippen molar-refractivity contribution >= 4 is 141 Å². The minimum Gasteiger partial charge on any atom is -0.309 e. The largest absolute Gasteiger partial charge is 0.309 e. The monoisotopic (exact) mass is 1320 g/mol. The molecule has 0 aliphatic carbocycles. The lowest BCUT2D eigenvalue weighted by Gasteiger charge is -2.17. The average molecular weight is 1320 g/mol. The second kappa shape index (κ2) is 24.3. The first-order valence-electron chi connectivity index (χ1n) is 35.2. The first-order chi connectivity index (χ1) is 51.5. The van der Waals surface area contributed by atoms with Crippen LogP contribution in [0.5, 0.6) is 0 Å². The predicted molar refractivity (Wildman–Crippen MR) is 439 cm³/mol. The Morgan fingerprint density at radius 2 is 0.596 bits per heavy atom. The van der Waals surface area contributed by atoms with E-state index in [0.29, 0.717) is 11.4 Å². The van der Waals surface area contributed by atoms with Crippen molar-refractivity contribution in [3.63, 3.8) is 0 Å². The Hall–Kier alpha value is -14.2. The molecule has 0 N–H and O–H groups in total. The van der Waals surface area contributed by atoms with E-state index in [9.17, 15) is 0 Å². The Kier molecular flexibility index (Phi) is 14.0. The number of benzene rings is 18. The first-order valence-corrected chi connectivity index (χ1v) is 35.2. The molecule has 0 atom stereocenters. The third-order valence-electron chi connectivity index (χ3n) is 21.4. The molecule has 0 spiro atoms. The first kappa shape index (κ1) is 59.8. The SMILES string of the molecule is [C-]#[N+]c1ccc2c(c1)c1cc(-c3ccc(-c4cc5c6ccccc6c(-c6cccc7ccccc67)cc5c5ccccc45)cn3)ccc1n2-c1ccccc1.[C-]#[N+]c1ccc2c(c1)c1cc(-c3ccc4cc(-c5cc6c7ccccc7ccc6c6ccccc56)ccc4c3)ccc1n2-c1ccccc1. The molecule has 18 aromatic carbocycles. The molecule has 21 aromatic rings. The minimum atomic E-state index is 0.632. The summed E-state index contributed by atoms with van der Waals surface area (Å²) in [4.78, 5) is 12.6. The quantitative estimate of drug-likeness (QED) is 0.116. The lowest BCUT2D eigenvalue weighted by atomic mass is 9.87. The molecule has 3 aromatic heterocycles. The van der Waals surface area contributed by atoms with Crippen LogP contribution in [0.2, 0.25) is 0 Å². The van der Waals surface area contributed by atoms with E-state index in [1.165, 1.54) is 120 Å². The van der Waals surface area contributed by atoms with Crippen LogP contribution >= 0.6 is 0 Å². The normalized spacial score (nSPS) is 11.6. The zero-order valence-electron chi connectivity index (χ0n) is 56.3. The van der Waals surface area contributed by atoms with Gasteiger partial charge in [0.15, 0.2) is 11.4 Å². The van der Waals surface area contributed by atoms with Crippen LogP contribution in [0.4, 0.5) is 11.4 Å². The molecule has 5 heteroatoms. The number of fused-ring (bicyclic) bond motifs is 18. The molecule has 0 radical (unpaired) electrons. The minimum absolute atomic E-state index is 0.632. The van der Waals surface area contributed by atoms with Gasteiger partial charge in [-0.25, -0.2) is 9.69 Å². The molecule has 480 valence electrons. The highest BCUT2D eigenvalue weighted by molar-refractivity contribution is 6.26. The van der Waals surface area contributed by atoms with Gasteiger partial charge in [-0.05, 0) is 245 Å². The molecule has 3 heterocycles. The molecule has 0 aliphatic heterocycles. The number of para-hydroxylation sites is 2. The van der Waals surface area contributed by atoms with E-state index in [1.54, 1.807) is 0 Å². The van der Waals surface area contributed by atoms with Crippen LogP contribution in [-0.2, 0) is 0 Å². The van der Waals surface area contributed by atoms with Crippen molar-refractivity contribution in [2.45, 2.75) is 0 Å². The summed E-state index contributed by atoms with van der Waals surface area (Å²) in [5.41, 5.74) is 19.4. The molecule has 0 saturated heterocycles. The molecule has 0 bridgehead atoms. The summed E-state index contributed by atoms with van der Waals surface area (Å²) in [7, 11) is 0. The summed E-state index contributed by atoms with van der Waals surface area (Å²) in [6.07, 6.45) is 2.02. The molecular formula is C99H59N5. The van der Waals surface area contributed by atoms with E-state index in [2.05, 4.69) is 334 Å². The van der Waals surface area contributed by atoms with Crippen LogP contribution in [0.3, 0.4) is 0 Å². The van der Waals surface area contributed by atoms with Crippen LogP contribution < -0.4 is 0 Å². The van der Waals surface area contributed by atoms with Gasteiger partial charge in [0.2, 0.25) is 0 Å². The maximum atomic E-state index is 7.68. The summed E-state index contributed by atoms with van der Waals surface area (Å²) >= 11 is 0. The van der Waals surface area contributed by atoms with Crippen LogP contribution in [0.25, 0.3) is 207 Å². The Morgan fingerprint density at radius 3 is 1.17 bits per heavy atom. The van der Waals surface area contributed by atoms with Gasteiger partial charge in [-0.3, -0.25) is 4.98 Å². The number of aromatic nitrogens is 3. The van der Waals surface area contributed by atoms with E-state index in [0.717, 1.165) is 77.4 Å².